The Bertz CT molecular complexity index is 493. The van der Waals surface area contributed by atoms with Crippen molar-refractivity contribution in [2.24, 2.45) is 33.4 Å². The van der Waals surface area contributed by atoms with E-state index in [1.54, 1.807) is 0 Å². The van der Waals surface area contributed by atoms with Gasteiger partial charge in [0, 0.05) is 0 Å². The summed E-state index contributed by atoms with van der Waals surface area (Å²) in [4.78, 5) is 0. The average molecular weight is 304 g/mol. The summed E-state index contributed by atoms with van der Waals surface area (Å²) in [5.74, 6) is 2.52. The molecule has 0 N–H and O–H groups in total. The lowest BCUT2D eigenvalue weighted by Gasteiger charge is -2.26. The van der Waals surface area contributed by atoms with Crippen LogP contribution < -0.4 is 0 Å². The molecule has 4 atom stereocenters. The molecule has 0 aromatic rings. The highest BCUT2D eigenvalue weighted by Crippen LogP contribution is 2.55. The Morgan fingerprint density at radius 3 is 2.23 bits per heavy atom. The van der Waals surface area contributed by atoms with Gasteiger partial charge in [0.2, 0.25) is 0 Å². The summed E-state index contributed by atoms with van der Waals surface area (Å²) in [6.45, 7) is 14.3. The smallest absolute Gasteiger partial charge is 0.0991 e. The Hall–Kier alpha value is -0.700. The second-order valence-corrected chi connectivity index (χ2v) is 9.45. The van der Waals surface area contributed by atoms with Crippen molar-refractivity contribution in [1.29, 1.82) is 0 Å². The minimum Gasteiger partial charge on any atom is -0.376 e. The lowest BCUT2D eigenvalue weighted by molar-refractivity contribution is -0.0122. The third kappa shape index (κ3) is 3.29. The van der Waals surface area contributed by atoms with E-state index in [2.05, 4.69) is 51.8 Å². The fraction of sp³-hybridized carbons (Fsp3) is 0.895. The summed E-state index contributed by atoms with van der Waals surface area (Å²) >= 11 is 0. The van der Waals surface area contributed by atoms with Crippen LogP contribution >= 0.6 is 0 Å². The third-order valence-electron chi connectivity index (χ3n) is 5.49. The van der Waals surface area contributed by atoms with Gasteiger partial charge in [-0.3, -0.25) is 0 Å². The van der Waals surface area contributed by atoms with Crippen LogP contribution in [-0.2, 0) is 4.74 Å². The van der Waals surface area contributed by atoms with Crippen LogP contribution in [0.15, 0.2) is 21.5 Å². The number of ether oxygens (including phenoxy) is 1. The Morgan fingerprint density at radius 1 is 1.00 bits per heavy atom. The Morgan fingerprint density at radius 2 is 1.64 bits per heavy atom. The summed E-state index contributed by atoms with van der Waals surface area (Å²) in [5, 5.41) is 9.13. The van der Waals surface area contributed by atoms with Crippen molar-refractivity contribution >= 4 is 0 Å². The van der Waals surface area contributed by atoms with Crippen LogP contribution in [0, 0.1) is 23.2 Å². The number of rotatable bonds is 2. The minimum atomic E-state index is -0.0105. The molecule has 4 unspecified atom stereocenters. The minimum absolute atomic E-state index is 0.0105. The summed E-state index contributed by atoms with van der Waals surface area (Å²) in [5.41, 5.74) is 3.02. The standard InChI is InChI=1S/C19H32N2O/c1-18(2,3)17-14-8-7-12-13(9-10-16(14)20-21-17)15(12)11-22-19(4,5)6/h12-13,15,17H,7-11H2,1-6H3. The fourth-order valence-corrected chi connectivity index (χ4v) is 4.21. The summed E-state index contributed by atoms with van der Waals surface area (Å²) in [6, 6.07) is 0.307. The van der Waals surface area contributed by atoms with Crippen LogP contribution in [0.3, 0.4) is 0 Å². The molecule has 0 radical (unpaired) electrons. The first-order valence-electron chi connectivity index (χ1n) is 8.93. The van der Waals surface area contributed by atoms with E-state index in [0.29, 0.717) is 6.04 Å². The molecule has 0 bridgehead atoms. The van der Waals surface area contributed by atoms with Crippen molar-refractivity contribution in [3.8, 4) is 0 Å². The van der Waals surface area contributed by atoms with Gasteiger partial charge in [-0.25, -0.2) is 0 Å². The maximum Gasteiger partial charge on any atom is 0.0991 e. The van der Waals surface area contributed by atoms with Crippen molar-refractivity contribution < 1.29 is 4.74 Å². The number of azo groups is 1. The monoisotopic (exact) mass is 304 g/mol. The van der Waals surface area contributed by atoms with Crippen molar-refractivity contribution in [2.45, 2.75) is 78.9 Å². The fourth-order valence-electron chi connectivity index (χ4n) is 4.21. The maximum atomic E-state index is 6.04. The molecule has 2 aliphatic carbocycles. The SMILES string of the molecule is CC(C)(C)OCC1C2CCC3=C(CCC21)C(C(C)(C)C)N=N3. The molecule has 0 saturated heterocycles. The molecule has 0 aromatic carbocycles. The Labute approximate surface area is 135 Å². The largest absolute Gasteiger partial charge is 0.376 e. The molecule has 124 valence electrons. The number of allylic oxidation sites excluding steroid dienone is 1. The molecule has 1 aliphatic heterocycles. The topological polar surface area (TPSA) is 34.0 Å². The summed E-state index contributed by atoms with van der Waals surface area (Å²) < 4.78 is 6.04. The lowest BCUT2D eigenvalue weighted by Crippen LogP contribution is -2.25. The second kappa shape index (κ2) is 5.43. The normalized spacial score (nSPS) is 35.0. The molecule has 1 fully saturated rings. The zero-order valence-electron chi connectivity index (χ0n) is 15.1. The molecule has 0 spiro atoms. The predicted octanol–water partition coefficient (Wildman–Crippen LogP) is 5.37. The number of nitrogens with zero attached hydrogens (tertiary/aromatic N) is 2. The zero-order valence-corrected chi connectivity index (χ0v) is 15.1. The highest BCUT2D eigenvalue weighted by Gasteiger charge is 2.50. The molecular weight excluding hydrogens is 272 g/mol. The number of fused-ring (bicyclic) bond motifs is 1. The molecular formula is C19H32N2O. The maximum absolute atomic E-state index is 6.04. The van der Waals surface area contributed by atoms with Crippen molar-refractivity contribution in [2.75, 3.05) is 6.61 Å². The average Bonchev–Trinajstić information content (AvgIpc) is 2.83. The number of hydrogen-bond donors (Lipinski definition) is 0. The Balaban J connectivity index is 1.62. The van der Waals surface area contributed by atoms with Crippen LogP contribution in [0.5, 0.6) is 0 Å². The molecule has 22 heavy (non-hydrogen) atoms. The van der Waals surface area contributed by atoms with E-state index in [0.717, 1.165) is 30.8 Å². The van der Waals surface area contributed by atoms with Gasteiger partial charge in [-0.2, -0.15) is 10.2 Å². The van der Waals surface area contributed by atoms with Gasteiger partial charge in [0.1, 0.15) is 0 Å². The second-order valence-electron chi connectivity index (χ2n) is 9.45. The molecule has 0 aromatic heterocycles. The predicted molar refractivity (Wildman–Crippen MR) is 89.8 cm³/mol. The van der Waals surface area contributed by atoms with Gasteiger partial charge in [-0.05, 0) is 75.2 Å². The third-order valence-corrected chi connectivity index (χ3v) is 5.49. The lowest BCUT2D eigenvalue weighted by atomic mass is 9.80. The van der Waals surface area contributed by atoms with E-state index >= 15 is 0 Å². The molecule has 1 heterocycles. The van der Waals surface area contributed by atoms with Gasteiger partial charge < -0.3 is 4.74 Å². The van der Waals surface area contributed by atoms with Crippen LogP contribution in [0.4, 0.5) is 0 Å². The summed E-state index contributed by atoms with van der Waals surface area (Å²) in [7, 11) is 0. The molecule has 0 amide bonds. The van der Waals surface area contributed by atoms with Crippen LogP contribution in [-0.4, -0.2) is 18.2 Å². The van der Waals surface area contributed by atoms with Gasteiger partial charge in [0.25, 0.3) is 0 Å². The van der Waals surface area contributed by atoms with E-state index < -0.39 is 0 Å². The van der Waals surface area contributed by atoms with Gasteiger partial charge >= 0.3 is 0 Å². The first-order chi connectivity index (χ1) is 10.2. The molecule has 3 aliphatic rings. The van der Waals surface area contributed by atoms with Crippen LogP contribution in [0.1, 0.15) is 67.2 Å². The van der Waals surface area contributed by atoms with Crippen molar-refractivity contribution in [3.63, 3.8) is 0 Å². The quantitative estimate of drug-likeness (QED) is 0.675. The molecule has 3 heteroatoms. The van der Waals surface area contributed by atoms with Gasteiger partial charge in [0.05, 0.1) is 23.9 Å². The first-order valence-corrected chi connectivity index (χ1v) is 8.93. The van der Waals surface area contributed by atoms with Gasteiger partial charge in [-0.1, -0.05) is 20.8 Å². The highest BCUT2D eigenvalue weighted by molar-refractivity contribution is 5.27. The van der Waals surface area contributed by atoms with Gasteiger partial charge in [0.15, 0.2) is 0 Å². The highest BCUT2D eigenvalue weighted by atomic mass is 16.5. The van der Waals surface area contributed by atoms with Gasteiger partial charge in [-0.15, -0.1) is 0 Å². The number of hydrogen-bond acceptors (Lipinski definition) is 3. The van der Waals surface area contributed by atoms with E-state index in [1.165, 1.54) is 30.5 Å². The van der Waals surface area contributed by atoms with E-state index in [9.17, 15) is 0 Å². The zero-order chi connectivity index (χ0) is 16.1. The van der Waals surface area contributed by atoms with Crippen molar-refractivity contribution in [1.82, 2.24) is 0 Å². The molecule has 1 saturated carbocycles. The van der Waals surface area contributed by atoms with Crippen LogP contribution in [0.25, 0.3) is 0 Å². The van der Waals surface area contributed by atoms with E-state index in [1.807, 2.05) is 0 Å². The first kappa shape index (κ1) is 16.2. The Kier molecular flexibility index (Phi) is 3.99. The van der Waals surface area contributed by atoms with Crippen molar-refractivity contribution in [3.05, 3.63) is 11.3 Å². The molecule has 3 nitrogen and oxygen atoms in total. The van der Waals surface area contributed by atoms with E-state index in [-0.39, 0.29) is 11.0 Å². The summed E-state index contributed by atoms with van der Waals surface area (Å²) in [6.07, 6.45) is 4.90. The van der Waals surface area contributed by atoms with Crippen LogP contribution in [0.2, 0.25) is 0 Å². The van der Waals surface area contributed by atoms with E-state index in [4.69, 9.17) is 4.74 Å². The molecule has 3 rings (SSSR count).